The molecular formula is C11H10N4O5S. The van der Waals surface area contributed by atoms with Crippen LogP contribution in [0.2, 0.25) is 0 Å². The van der Waals surface area contributed by atoms with Crippen molar-refractivity contribution >= 4 is 23.7 Å². The number of esters is 2. The highest BCUT2D eigenvalue weighted by molar-refractivity contribution is 7.99. The van der Waals surface area contributed by atoms with Crippen LogP contribution < -0.4 is 0 Å². The van der Waals surface area contributed by atoms with E-state index in [0.29, 0.717) is 5.03 Å². The van der Waals surface area contributed by atoms with E-state index in [9.17, 15) is 9.59 Å². The summed E-state index contributed by atoms with van der Waals surface area (Å²) < 4.78 is 14.4. The standard InChI is InChI=1S/C11H10N4O5S/c1-3-19-10(17)8-14-15-11(20-8)21-7-5-12-4-6(13-7)9(16)18-2/h4-5H,3H2,1-2H3. The van der Waals surface area contributed by atoms with Crippen LogP contribution in [0.4, 0.5) is 0 Å². The molecule has 0 saturated heterocycles. The highest BCUT2D eigenvalue weighted by Crippen LogP contribution is 2.24. The predicted octanol–water partition coefficient (Wildman–Crippen LogP) is 0.974. The third kappa shape index (κ3) is 3.75. The first-order valence-electron chi connectivity index (χ1n) is 5.73. The Kier molecular flexibility index (Phi) is 4.82. The predicted molar refractivity (Wildman–Crippen MR) is 67.7 cm³/mol. The average Bonchev–Trinajstić information content (AvgIpc) is 2.95. The van der Waals surface area contributed by atoms with Crippen LogP contribution in [0, 0.1) is 0 Å². The minimum atomic E-state index is -0.703. The lowest BCUT2D eigenvalue weighted by Gasteiger charge is -1.99. The van der Waals surface area contributed by atoms with E-state index in [4.69, 9.17) is 9.15 Å². The van der Waals surface area contributed by atoms with Gasteiger partial charge in [0.05, 0.1) is 26.1 Å². The minimum Gasteiger partial charge on any atom is -0.464 e. The van der Waals surface area contributed by atoms with Gasteiger partial charge in [-0.2, -0.15) is 0 Å². The molecule has 0 aromatic carbocycles. The summed E-state index contributed by atoms with van der Waals surface area (Å²) in [5, 5.41) is 7.65. The van der Waals surface area contributed by atoms with Gasteiger partial charge in [0.2, 0.25) is 0 Å². The van der Waals surface area contributed by atoms with Gasteiger partial charge in [-0.1, -0.05) is 5.10 Å². The summed E-state index contributed by atoms with van der Waals surface area (Å²) in [6.45, 7) is 1.87. The van der Waals surface area contributed by atoms with Gasteiger partial charge in [0.15, 0.2) is 5.69 Å². The summed E-state index contributed by atoms with van der Waals surface area (Å²) in [6.07, 6.45) is 2.68. The molecule has 9 nitrogen and oxygen atoms in total. The first-order chi connectivity index (χ1) is 10.1. The Bertz CT molecular complexity index is 660. The maximum Gasteiger partial charge on any atom is 0.396 e. The van der Waals surface area contributed by atoms with Crippen molar-refractivity contribution in [3.05, 3.63) is 24.0 Å². The van der Waals surface area contributed by atoms with E-state index in [1.165, 1.54) is 19.5 Å². The molecule has 2 aromatic rings. The number of carbonyl (C=O) groups excluding carboxylic acids is 2. The molecule has 0 saturated carbocycles. The molecule has 21 heavy (non-hydrogen) atoms. The smallest absolute Gasteiger partial charge is 0.396 e. The fraction of sp³-hybridized carbons (Fsp3) is 0.273. The van der Waals surface area contributed by atoms with Crippen molar-refractivity contribution in [3.8, 4) is 0 Å². The number of nitrogens with zero attached hydrogens (tertiary/aromatic N) is 4. The Hall–Kier alpha value is -2.49. The summed E-state index contributed by atoms with van der Waals surface area (Å²) in [5.74, 6) is -1.56. The second-order valence-corrected chi connectivity index (χ2v) is 4.40. The maximum absolute atomic E-state index is 11.4. The van der Waals surface area contributed by atoms with Crippen molar-refractivity contribution in [1.29, 1.82) is 0 Å². The lowest BCUT2D eigenvalue weighted by molar-refractivity contribution is 0.0474. The monoisotopic (exact) mass is 310 g/mol. The third-order valence-corrected chi connectivity index (χ3v) is 2.80. The average molecular weight is 310 g/mol. The molecule has 0 spiro atoms. The molecule has 0 N–H and O–H groups in total. The Balaban J connectivity index is 2.12. The van der Waals surface area contributed by atoms with Gasteiger partial charge < -0.3 is 13.9 Å². The second kappa shape index (κ2) is 6.79. The summed E-state index contributed by atoms with van der Waals surface area (Å²) in [4.78, 5) is 30.6. The third-order valence-electron chi connectivity index (χ3n) is 2.06. The molecule has 2 aromatic heterocycles. The zero-order valence-electron chi connectivity index (χ0n) is 11.1. The van der Waals surface area contributed by atoms with Crippen molar-refractivity contribution < 1.29 is 23.5 Å². The van der Waals surface area contributed by atoms with Crippen LogP contribution in [0.25, 0.3) is 0 Å². The fourth-order valence-electron chi connectivity index (χ4n) is 1.22. The van der Waals surface area contributed by atoms with E-state index in [2.05, 4.69) is 24.9 Å². The molecule has 0 aliphatic carbocycles. The van der Waals surface area contributed by atoms with Crippen LogP contribution in [0.3, 0.4) is 0 Å². The van der Waals surface area contributed by atoms with Crippen LogP contribution in [-0.2, 0) is 9.47 Å². The normalized spacial score (nSPS) is 10.2. The van der Waals surface area contributed by atoms with Crippen molar-refractivity contribution in [2.45, 2.75) is 17.2 Å². The van der Waals surface area contributed by atoms with Crippen molar-refractivity contribution in [1.82, 2.24) is 20.2 Å². The van der Waals surface area contributed by atoms with Gasteiger partial charge >= 0.3 is 17.8 Å². The molecule has 0 amide bonds. The van der Waals surface area contributed by atoms with Crippen molar-refractivity contribution in [3.63, 3.8) is 0 Å². The Morgan fingerprint density at radius 2 is 2.10 bits per heavy atom. The van der Waals surface area contributed by atoms with Gasteiger partial charge in [0.1, 0.15) is 5.03 Å². The zero-order chi connectivity index (χ0) is 15.2. The number of carbonyl (C=O) groups is 2. The molecule has 0 fully saturated rings. The summed E-state index contributed by atoms with van der Waals surface area (Å²) >= 11 is 0.957. The van der Waals surface area contributed by atoms with Gasteiger partial charge in [0, 0.05) is 0 Å². The summed E-state index contributed by atoms with van der Waals surface area (Å²) in [5.41, 5.74) is 0.0487. The molecule has 0 aliphatic heterocycles. The van der Waals surface area contributed by atoms with E-state index >= 15 is 0 Å². The van der Waals surface area contributed by atoms with Crippen LogP contribution in [0.5, 0.6) is 0 Å². The van der Waals surface area contributed by atoms with Crippen LogP contribution in [-0.4, -0.2) is 45.8 Å². The minimum absolute atomic E-state index is 0.0487. The van der Waals surface area contributed by atoms with E-state index < -0.39 is 11.9 Å². The Morgan fingerprint density at radius 1 is 1.29 bits per heavy atom. The summed E-state index contributed by atoms with van der Waals surface area (Å²) in [6, 6.07) is 0. The van der Waals surface area contributed by atoms with Crippen LogP contribution >= 0.6 is 11.8 Å². The second-order valence-electron chi connectivity index (χ2n) is 3.43. The van der Waals surface area contributed by atoms with Crippen LogP contribution in [0.1, 0.15) is 28.1 Å². The Morgan fingerprint density at radius 3 is 2.81 bits per heavy atom. The van der Waals surface area contributed by atoms with Gasteiger partial charge in [-0.05, 0) is 18.7 Å². The first kappa shape index (κ1) is 14.9. The zero-order valence-corrected chi connectivity index (χ0v) is 11.9. The Labute approximate surface area is 123 Å². The molecule has 10 heteroatoms. The van der Waals surface area contributed by atoms with Crippen molar-refractivity contribution in [2.24, 2.45) is 0 Å². The molecule has 0 radical (unpaired) electrons. The SMILES string of the molecule is CCOC(=O)c1nnc(Sc2cncc(C(=O)OC)n2)o1. The van der Waals surface area contributed by atoms with Gasteiger partial charge in [-0.15, -0.1) is 5.10 Å². The number of methoxy groups -OCH3 is 1. The molecule has 0 unspecified atom stereocenters. The molecule has 0 aliphatic rings. The van der Waals surface area contributed by atoms with Gasteiger partial charge in [-0.3, -0.25) is 4.98 Å². The van der Waals surface area contributed by atoms with Crippen molar-refractivity contribution in [2.75, 3.05) is 13.7 Å². The maximum atomic E-state index is 11.4. The lowest BCUT2D eigenvalue weighted by Crippen LogP contribution is -2.05. The van der Waals surface area contributed by atoms with E-state index in [0.717, 1.165) is 11.8 Å². The number of rotatable bonds is 5. The fourth-order valence-corrected chi connectivity index (χ4v) is 1.85. The largest absolute Gasteiger partial charge is 0.464 e. The lowest BCUT2D eigenvalue weighted by atomic mass is 10.5. The molecule has 0 atom stereocenters. The highest BCUT2D eigenvalue weighted by Gasteiger charge is 2.17. The molecule has 2 heterocycles. The number of aromatic nitrogens is 4. The first-order valence-corrected chi connectivity index (χ1v) is 6.54. The molecule has 2 rings (SSSR count). The van der Waals surface area contributed by atoms with Crippen LogP contribution in [0.15, 0.2) is 27.1 Å². The van der Waals surface area contributed by atoms with Gasteiger partial charge in [0.25, 0.3) is 5.22 Å². The number of hydrogen-bond donors (Lipinski definition) is 0. The van der Waals surface area contributed by atoms with E-state index in [-0.39, 0.29) is 23.4 Å². The number of ether oxygens (including phenoxy) is 2. The van der Waals surface area contributed by atoms with Gasteiger partial charge in [-0.25, -0.2) is 14.6 Å². The molecule has 0 bridgehead atoms. The molecule has 110 valence electrons. The summed E-state index contributed by atoms with van der Waals surface area (Å²) in [7, 11) is 1.24. The van der Waals surface area contributed by atoms with E-state index in [1.54, 1.807) is 6.92 Å². The number of hydrogen-bond acceptors (Lipinski definition) is 10. The molecular weight excluding hydrogens is 300 g/mol. The highest BCUT2D eigenvalue weighted by atomic mass is 32.2. The van der Waals surface area contributed by atoms with E-state index in [1.807, 2.05) is 0 Å². The quantitative estimate of drug-likeness (QED) is 0.739. The topological polar surface area (TPSA) is 117 Å².